The second kappa shape index (κ2) is 15.4. The van der Waals surface area contributed by atoms with Crippen molar-refractivity contribution in [2.45, 2.75) is 13.1 Å². The molecular weight excluding hydrogens is 809 g/mol. The van der Waals surface area contributed by atoms with Gasteiger partial charge in [-0.3, -0.25) is 0 Å². The molecule has 4 heteroatoms. The molecule has 12 rings (SSSR count). The molecule has 64 heavy (non-hydrogen) atoms. The third-order valence-electron chi connectivity index (χ3n) is 13.2. The molecule has 1 aliphatic heterocycles. The number of hydrogen-bond acceptors (Lipinski definition) is 3. The van der Waals surface area contributed by atoms with E-state index in [0.29, 0.717) is 0 Å². The van der Waals surface area contributed by atoms with Crippen LogP contribution < -0.4 is 20.2 Å². The van der Waals surface area contributed by atoms with E-state index in [-0.39, 0.29) is 0 Å². The van der Waals surface area contributed by atoms with E-state index in [1.165, 1.54) is 86.1 Å². The highest BCUT2D eigenvalue weighted by atomic mass is 32.1. The third-order valence-corrected chi connectivity index (χ3v) is 17.9. The van der Waals surface area contributed by atoms with Crippen molar-refractivity contribution >= 4 is 94.9 Å². The Morgan fingerprint density at radius 2 is 0.875 bits per heavy atom. The van der Waals surface area contributed by atoms with Crippen LogP contribution in [-0.2, 0) is 0 Å². The molecule has 1 aromatic heterocycles. The molecule has 0 fully saturated rings. The molecule has 0 amide bonds. The summed E-state index contributed by atoms with van der Waals surface area (Å²) in [5.74, 6) is 0. The fourth-order valence-corrected chi connectivity index (χ4v) is 14.4. The number of nitrogens with zero attached hydrogens (tertiary/aromatic N) is 2. The smallest absolute Gasteiger partial charge is 0.113 e. The average molecular weight is 853 g/mol. The van der Waals surface area contributed by atoms with Gasteiger partial charge >= 0.3 is 0 Å². The van der Waals surface area contributed by atoms with Gasteiger partial charge in [0, 0.05) is 53.7 Å². The Balaban J connectivity index is 1.06. The number of rotatable bonds is 8. The van der Waals surface area contributed by atoms with Crippen LogP contribution in [0.25, 0.3) is 64.3 Å². The molecule has 11 aromatic rings. The van der Waals surface area contributed by atoms with Gasteiger partial charge in [0.15, 0.2) is 0 Å². The molecule has 2 nitrogen and oxygen atoms in total. The van der Waals surface area contributed by atoms with E-state index in [9.17, 15) is 0 Å². The van der Waals surface area contributed by atoms with Crippen LogP contribution in [0.4, 0.5) is 34.1 Å². The Kier molecular flexibility index (Phi) is 9.18. The minimum atomic E-state index is -2.30. The maximum Gasteiger partial charge on any atom is 0.113 e. The lowest BCUT2D eigenvalue weighted by Crippen LogP contribution is -2.56. The van der Waals surface area contributed by atoms with Crippen molar-refractivity contribution < 1.29 is 0 Å². The summed E-state index contributed by atoms with van der Waals surface area (Å²) in [6, 6.07) is 85.1. The topological polar surface area (TPSA) is 6.48 Å². The van der Waals surface area contributed by atoms with Crippen LogP contribution in [0.3, 0.4) is 0 Å². The number of para-hydroxylation sites is 3. The van der Waals surface area contributed by atoms with E-state index in [4.69, 9.17) is 0 Å². The first-order valence-electron chi connectivity index (χ1n) is 22.1. The van der Waals surface area contributed by atoms with Crippen LogP contribution in [-0.4, -0.2) is 8.07 Å². The van der Waals surface area contributed by atoms with E-state index < -0.39 is 8.07 Å². The van der Waals surface area contributed by atoms with E-state index in [1.807, 2.05) is 11.3 Å². The zero-order valence-electron chi connectivity index (χ0n) is 35.7. The summed E-state index contributed by atoms with van der Waals surface area (Å²) in [6.45, 7) is 5.09. The van der Waals surface area contributed by atoms with Crippen LogP contribution in [0.1, 0.15) is 0 Å². The number of hydrogen-bond donors (Lipinski definition) is 0. The van der Waals surface area contributed by atoms with Crippen LogP contribution >= 0.6 is 11.3 Å². The third kappa shape index (κ3) is 6.21. The highest BCUT2D eigenvalue weighted by molar-refractivity contribution is 7.25. The van der Waals surface area contributed by atoms with Crippen molar-refractivity contribution in [3.05, 3.63) is 231 Å². The Labute approximate surface area is 379 Å². The highest BCUT2D eigenvalue weighted by Crippen LogP contribution is 2.48. The number of anilines is 6. The predicted molar refractivity (Wildman–Crippen MR) is 279 cm³/mol. The lowest BCUT2D eigenvalue weighted by molar-refractivity contribution is 1.28. The number of benzene rings is 10. The second-order valence-electron chi connectivity index (χ2n) is 17.3. The zero-order valence-corrected chi connectivity index (χ0v) is 37.6. The lowest BCUT2D eigenvalue weighted by atomic mass is 9.94. The standard InChI is InChI=1S/C60H44N2SSi/c1-64(2)58-32-18-28-51-55(62(54-30-16-13-26-47(54)42-21-8-4-9-22-42)44-34-38-57-52(39-44)48-27-14-17-31-56(48)63-57)37-36-50(60(51)58)49-35-33-45(40-59(49)64)61(43-23-10-5-11-24-43)53-29-15-12-25-46(53)41-19-6-3-7-20-41/h3-40H,1-2H3. The Morgan fingerprint density at radius 1 is 0.328 bits per heavy atom. The molecule has 0 bridgehead atoms. The van der Waals surface area contributed by atoms with Crippen molar-refractivity contribution in [3.63, 3.8) is 0 Å². The largest absolute Gasteiger partial charge is 0.310 e. The molecule has 0 N–H and O–H groups in total. The van der Waals surface area contributed by atoms with Crippen LogP contribution in [0, 0.1) is 0 Å². The van der Waals surface area contributed by atoms with Gasteiger partial charge in [-0.2, -0.15) is 0 Å². The maximum atomic E-state index is 2.54. The van der Waals surface area contributed by atoms with Crippen molar-refractivity contribution in [1.82, 2.24) is 0 Å². The first kappa shape index (κ1) is 38.2. The number of thiophene rings is 1. The van der Waals surface area contributed by atoms with Gasteiger partial charge in [-0.05, 0) is 105 Å². The minimum absolute atomic E-state index is 1.14. The SMILES string of the molecule is C[Si]1(C)c2cc(N(c3ccccc3)c3ccccc3-c3ccccc3)ccc2-c2ccc(N(c3ccc4sc5ccccc5c4c3)c3ccccc3-c3ccccc3)c3cccc1c23. The average Bonchev–Trinajstić information content (AvgIpc) is 3.73. The van der Waals surface area contributed by atoms with Crippen molar-refractivity contribution in [1.29, 1.82) is 0 Å². The highest BCUT2D eigenvalue weighted by Gasteiger charge is 2.37. The summed E-state index contributed by atoms with van der Waals surface area (Å²) < 4.78 is 2.62. The van der Waals surface area contributed by atoms with Gasteiger partial charge in [0.25, 0.3) is 0 Å². The van der Waals surface area contributed by atoms with Gasteiger partial charge in [-0.25, -0.2) is 0 Å². The minimum Gasteiger partial charge on any atom is -0.310 e. The molecule has 0 spiro atoms. The predicted octanol–water partition coefficient (Wildman–Crippen LogP) is 16.3. The van der Waals surface area contributed by atoms with Crippen LogP contribution in [0.2, 0.25) is 13.1 Å². The Morgan fingerprint density at radius 3 is 1.59 bits per heavy atom. The molecule has 0 unspecified atom stereocenters. The number of fused-ring (bicyclic) bond motifs is 5. The van der Waals surface area contributed by atoms with Gasteiger partial charge in [0.1, 0.15) is 8.07 Å². The molecule has 0 atom stereocenters. The second-order valence-corrected chi connectivity index (χ2v) is 22.7. The van der Waals surface area contributed by atoms with Gasteiger partial charge in [0.05, 0.1) is 17.1 Å². The van der Waals surface area contributed by atoms with Gasteiger partial charge in [-0.15, -0.1) is 11.3 Å². The van der Waals surface area contributed by atoms with E-state index >= 15 is 0 Å². The summed E-state index contributed by atoms with van der Waals surface area (Å²) in [5, 5.41) is 8.16. The Hall–Kier alpha value is -7.50. The van der Waals surface area contributed by atoms with Crippen molar-refractivity contribution in [2.24, 2.45) is 0 Å². The molecule has 0 saturated heterocycles. The summed E-state index contributed by atoms with van der Waals surface area (Å²) in [5.41, 5.74) is 14.4. The Bertz CT molecular complexity index is 3540. The van der Waals surface area contributed by atoms with E-state index in [0.717, 1.165) is 22.7 Å². The van der Waals surface area contributed by atoms with Crippen molar-refractivity contribution in [2.75, 3.05) is 9.80 Å². The summed E-state index contributed by atoms with van der Waals surface area (Å²) in [4.78, 5) is 4.97. The van der Waals surface area contributed by atoms with E-state index in [1.54, 1.807) is 0 Å². The molecule has 304 valence electrons. The van der Waals surface area contributed by atoms with Gasteiger partial charge in [0.2, 0.25) is 0 Å². The molecule has 2 heterocycles. The molecule has 0 saturated carbocycles. The van der Waals surface area contributed by atoms with Gasteiger partial charge < -0.3 is 9.80 Å². The lowest BCUT2D eigenvalue weighted by Gasteiger charge is -2.37. The van der Waals surface area contributed by atoms with Crippen LogP contribution in [0.5, 0.6) is 0 Å². The quantitative estimate of drug-likeness (QED) is 0.141. The monoisotopic (exact) mass is 852 g/mol. The fourth-order valence-electron chi connectivity index (χ4n) is 10.2. The fraction of sp³-hybridized carbons (Fsp3) is 0.0333. The van der Waals surface area contributed by atoms with Crippen molar-refractivity contribution in [3.8, 4) is 33.4 Å². The molecule has 10 aromatic carbocycles. The van der Waals surface area contributed by atoms with Gasteiger partial charge in [-0.1, -0.05) is 177 Å². The summed E-state index contributed by atoms with van der Waals surface area (Å²) in [7, 11) is -2.30. The maximum absolute atomic E-state index is 2.54. The first-order valence-corrected chi connectivity index (χ1v) is 25.9. The van der Waals surface area contributed by atoms with Crippen LogP contribution in [0.15, 0.2) is 231 Å². The van der Waals surface area contributed by atoms with E-state index in [2.05, 4.69) is 253 Å². The molecular formula is C60H44N2SSi. The first-order chi connectivity index (χ1) is 31.5. The summed E-state index contributed by atoms with van der Waals surface area (Å²) in [6.07, 6.45) is 0. The summed E-state index contributed by atoms with van der Waals surface area (Å²) >= 11 is 1.87. The molecule has 1 aliphatic rings. The zero-order chi connectivity index (χ0) is 42.8. The normalized spacial score (nSPS) is 12.7. The molecule has 0 radical (unpaired) electrons. The molecule has 0 aliphatic carbocycles.